The van der Waals surface area contributed by atoms with Crippen LogP contribution < -0.4 is 10.6 Å². The summed E-state index contributed by atoms with van der Waals surface area (Å²) in [5.74, 6) is -0.488. The fourth-order valence-corrected chi connectivity index (χ4v) is 2.78. The Bertz CT molecular complexity index is 847. The third-order valence-electron chi connectivity index (χ3n) is 3.97. The number of pyridine rings is 1. The summed E-state index contributed by atoms with van der Waals surface area (Å²) < 4.78 is 10.1. The molecular weight excluding hydrogens is 322 g/mol. The number of benzene rings is 1. The van der Waals surface area contributed by atoms with E-state index in [2.05, 4.69) is 15.6 Å². The molecule has 1 aliphatic heterocycles. The van der Waals surface area contributed by atoms with Gasteiger partial charge in [-0.3, -0.25) is 4.98 Å². The average molecular weight is 341 g/mol. The molecule has 0 aliphatic carbocycles. The number of hydrogen-bond donors (Lipinski definition) is 2. The molecule has 2 amide bonds. The number of amides is 2. The number of methoxy groups -OCH3 is 1. The smallest absolute Gasteiger partial charge is 0.338 e. The second-order valence-corrected chi connectivity index (χ2v) is 5.65. The minimum absolute atomic E-state index is 0.147. The molecule has 1 aromatic carbocycles. The Morgan fingerprint density at radius 2 is 2.12 bits per heavy atom. The molecule has 0 bridgehead atoms. The Morgan fingerprint density at radius 1 is 1.28 bits per heavy atom. The average Bonchev–Trinajstić information content (AvgIpc) is 2.60. The number of allylic oxidation sites excluding steroid dienone is 1. The number of carbonyl (C=O) groups excluding carboxylic acids is 2. The van der Waals surface area contributed by atoms with Gasteiger partial charge in [0.2, 0.25) is 0 Å². The number of urea groups is 1. The summed E-state index contributed by atoms with van der Waals surface area (Å²) in [5.41, 5.74) is 2.48. The molecule has 2 N–H and O–H groups in total. The molecule has 0 radical (unpaired) electrons. The molecule has 1 unspecified atom stereocenters. The predicted octanol–water partition coefficient (Wildman–Crippen LogP) is 2.05. The molecule has 0 fully saturated rings. The van der Waals surface area contributed by atoms with E-state index in [4.69, 9.17) is 9.47 Å². The molecular formula is C18H19N3O4. The van der Waals surface area contributed by atoms with Crippen molar-refractivity contribution in [3.63, 3.8) is 0 Å². The highest BCUT2D eigenvalue weighted by atomic mass is 16.6. The van der Waals surface area contributed by atoms with Crippen LogP contribution in [0.1, 0.15) is 18.5 Å². The first kappa shape index (κ1) is 16.9. The van der Waals surface area contributed by atoms with Gasteiger partial charge in [-0.05, 0) is 30.7 Å². The van der Waals surface area contributed by atoms with E-state index in [1.54, 1.807) is 13.1 Å². The van der Waals surface area contributed by atoms with Crippen LogP contribution in [0, 0.1) is 0 Å². The minimum atomic E-state index is -0.589. The molecule has 7 nitrogen and oxygen atoms in total. The third-order valence-corrected chi connectivity index (χ3v) is 3.97. The van der Waals surface area contributed by atoms with Crippen molar-refractivity contribution in [2.24, 2.45) is 0 Å². The lowest BCUT2D eigenvalue weighted by Crippen LogP contribution is -2.45. The zero-order valence-corrected chi connectivity index (χ0v) is 14.0. The van der Waals surface area contributed by atoms with Crippen molar-refractivity contribution >= 4 is 22.9 Å². The summed E-state index contributed by atoms with van der Waals surface area (Å²) >= 11 is 0. The standard InChI is InChI=1S/C18H19N3O4/c1-11-15(17(22)25-9-8-24-2)16(21-18(23)20-11)13-5-6-14-12(10-13)4-3-7-19-14/h3-7,10,16H,8-9H2,1-2H3,(H2,20,21,23). The zero-order valence-electron chi connectivity index (χ0n) is 14.0. The molecule has 1 aromatic heterocycles. The summed E-state index contributed by atoms with van der Waals surface area (Å²) in [6.07, 6.45) is 1.72. The number of fused-ring (bicyclic) bond motifs is 1. The number of nitrogens with one attached hydrogen (secondary N) is 2. The van der Waals surface area contributed by atoms with Crippen molar-refractivity contribution in [3.8, 4) is 0 Å². The molecule has 0 saturated heterocycles. The summed E-state index contributed by atoms with van der Waals surface area (Å²) in [5, 5.41) is 6.34. The Hall–Kier alpha value is -2.93. The molecule has 2 aromatic rings. The Balaban J connectivity index is 1.96. The molecule has 7 heteroatoms. The van der Waals surface area contributed by atoms with Gasteiger partial charge in [0, 0.05) is 24.4 Å². The van der Waals surface area contributed by atoms with Crippen molar-refractivity contribution < 1.29 is 19.1 Å². The maximum Gasteiger partial charge on any atom is 0.338 e. The van der Waals surface area contributed by atoms with E-state index in [-0.39, 0.29) is 12.6 Å². The number of rotatable bonds is 5. The SMILES string of the molecule is COCCOC(=O)C1=C(C)NC(=O)NC1c1ccc2ncccc2c1. The van der Waals surface area contributed by atoms with E-state index in [0.717, 1.165) is 16.5 Å². The topological polar surface area (TPSA) is 89.5 Å². The minimum Gasteiger partial charge on any atom is -0.460 e. The monoisotopic (exact) mass is 341 g/mol. The van der Waals surface area contributed by atoms with Crippen LogP contribution in [0.4, 0.5) is 4.79 Å². The molecule has 1 atom stereocenters. The van der Waals surface area contributed by atoms with E-state index < -0.39 is 12.0 Å². The summed E-state index contributed by atoms with van der Waals surface area (Å²) in [6, 6.07) is 8.45. The molecule has 2 heterocycles. The van der Waals surface area contributed by atoms with E-state index in [9.17, 15) is 9.59 Å². The lowest BCUT2D eigenvalue weighted by Gasteiger charge is -2.28. The second kappa shape index (κ2) is 7.31. The molecule has 3 rings (SSSR count). The van der Waals surface area contributed by atoms with Crippen LogP contribution in [-0.2, 0) is 14.3 Å². The molecule has 1 aliphatic rings. The van der Waals surface area contributed by atoms with Gasteiger partial charge in [-0.2, -0.15) is 0 Å². The highest BCUT2D eigenvalue weighted by Crippen LogP contribution is 2.29. The molecule has 0 spiro atoms. The number of aromatic nitrogens is 1. The van der Waals surface area contributed by atoms with Crippen molar-refractivity contribution in [1.29, 1.82) is 0 Å². The highest BCUT2D eigenvalue weighted by Gasteiger charge is 2.32. The fraction of sp³-hybridized carbons (Fsp3) is 0.278. The summed E-state index contributed by atoms with van der Waals surface area (Å²) in [6.45, 7) is 2.14. The van der Waals surface area contributed by atoms with Crippen molar-refractivity contribution in [2.75, 3.05) is 20.3 Å². The summed E-state index contributed by atoms with van der Waals surface area (Å²) in [4.78, 5) is 28.7. The molecule has 25 heavy (non-hydrogen) atoms. The lowest BCUT2D eigenvalue weighted by molar-refractivity contribution is -0.140. The van der Waals surface area contributed by atoms with E-state index in [0.29, 0.717) is 17.9 Å². The highest BCUT2D eigenvalue weighted by molar-refractivity contribution is 5.95. The fourth-order valence-electron chi connectivity index (χ4n) is 2.78. The van der Waals surface area contributed by atoms with Crippen LogP contribution in [0.25, 0.3) is 10.9 Å². The van der Waals surface area contributed by atoms with Gasteiger partial charge in [0.05, 0.1) is 23.7 Å². The van der Waals surface area contributed by atoms with Crippen molar-refractivity contribution in [1.82, 2.24) is 15.6 Å². The van der Waals surface area contributed by atoms with E-state index >= 15 is 0 Å². The van der Waals surface area contributed by atoms with Gasteiger partial charge in [-0.15, -0.1) is 0 Å². The molecule has 130 valence electrons. The van der Waals surface area contributed by atoms with Crippen molar-refractivity contribution in [2.45, 2.75) is 13.0 Å². The van der Waals surface area contributed by atoms with Crippen LogP contribution in [0.3, 0.4) is 0 Å². The predicted molar refractivity (Wildman–Crippen MR) is 91.7 cm³/mol. The maximum absolute atomic E-state index is 12.5. The number of ether oxygens (including phenoxy) is 2. The second-order valence-electron chi connectivity index (χ2n) is 5.65. The Kier molecular flexibility index (Phi) is 4.95. The first-order valence-corrected chi connectivity index (χ1v) is 7.89. The number of esters is 1. The van der Waals surface area contributed by atoms with E-state index in [1.165, 1.54) is 7.11 Å². The van der Waals surface area contributed by atoms with Crippen LogP contribution in [0.5, 0.6) is 0 Å². The normalized spacial score (nSPS) is 17.2. The summed E-state index contributed by atoms with van der Waals surface area (Å²) in [7, 11) is 1.53. The van der Waals surface area contributed by atoms with Crippen LogP contribution in [0.2, 0.25) is 0 Å². The maximum atomic E-state index is 12.5. The number of hydrogen-bond acceptors (Lipinski definition) is 5. The van der Waals surface area contributed by atoms with Gasteiger partial charge in [-0.1, -0.05) is 12.1 Å². The quantitative estimate of drug-likeness (QED) is 0.642. The van der Waals surface area contributed by atoms with Crippen LogP contribution in [0.15, 0.2) is 47.8 Å². The third kappa shape index (κ3) is 3.61. The Labute approximate surface area is 145 Å². The first-order valence-electron chi connectivity index (χ1n) is 7.89. The van der Waals surface area contributed by atoms with Crippen LogP contribution >= 0.6 is 0 Å². The number of carbonyl (C=O) groups is 2. The van der Waals surface area contributed by atoms with Crippen molar-refractivity contribution in [3.05, 3.63) is 53.4 Å². The van der Waals surface area contributed by atoms with Gasteiger partial charge in [0.25, 0.3) is 0 Å². The lowest BCUT2D eigenvalue weighted by atomic mass is 9.94. The van der Waals surface area contributed by atoms with Gasteiger partial charge in [0.1, 0.15) is 6.61 Å². The first-order chi connectivity index (χ1) is 12.1. The van der Waals surface area contributed by atoms with Gasteiger partial charge < -0.3 is 20.1 Å². The largest absolute Gasteiger partial charge is 0.460 e. The van der Waals surface area contributed by atoms with Gasteiger partial charge in [-0.25, -0.2) is 9.59 Å². The number of nitrogens with zero attached hydrogens (tertiary/aromatic N) is 1. The van der Waals surface area contributed by atoms with Gasteiger partial charge in [0.15, 0.2) is 0 Å². The van der Waals surface area contributed by atoms with Crippen LogP contribution in [-0.4, -0.2) is 37.3 Å². The zero-order chi connectivity index (χ0) is 17.8. The van der Waals surface area contributed by atoms with Gasteiger partial charge >= 0.3 is 12.0 Å². The van der Waals surface area contributed by atoms with E-state index in [1.807, 2.05) is 30.3 Å². The Morgan fingerprint density at radius 3 is 2.92 bits per heavy atom. The molecule has 0 saturated carbocycles.